The lowest BCUT2D eigenvalue weighted by Gasteiger charge is -2.26. The number of benzene rings is 3. The van der Waals surface area contributed by atoms with E-state index in [9.17, 15) is 9.50 Å². The topological polar surface area (TPSA) is 29.5 Å². The summed E-state index contributed by atoms with van der Waals surface area (Å²) in [6.07, 6.45) is 9.84. The van der Waals surface area contributed by atoms with Gasteiger partial charge in [-0.15, -0.1) is 6.58 Å². The molecule has 212 valence electrons. The Kier molecular flexibility index (Phi) is 10.7. The van der Waals surface area contributed by atoms with E-state index in [0.717, 1.165) is 48.8 Å². The molecule has 1 aliphatic carbocycles. The van der Waals surface area contributed by atoms with Crippen molar-refractivity contribution in [2.75, 3.05) is 6.61 Å². The third kappa shape index (κ3) is 7.45. The van der Waals surface area contributed by atoms with Gasteiger partial charge in [0.05, 0.1) is 12.7 Å². The maximum absolute atomic E-state index is 15.0. The zero-order chi connectivity index (χ0) is 28.5. The Bertz CT molecular complexity index is 1310. The van der Waals surface area contributed by atoms with Crippen LogP contribution >= 0.6 is 0 Å². The number of aliphatic hydroxyl groups is 1. The van der Waals surface area contributed by atoms with Crippen molar-refractivity contribution in [2.45, 2.75) is 70.8 Å². The summed E-state index contributed by atoms with van der Waals surface area (Å²) in [5.74, 6) is -1.26. The van der Waals surface area contributed by atoms with Gasteiger partial charge >= 0.3 is 0 Å². The lowest BCUT2D eigenvalue weighted by molar-refractivity contribution is 0.0934. The van der Waals surface area contributed by atoms with Crippen LogP contribution in [0.3, 0.4) is 0 Å². The van der Waals surface area contributed by atoms with Crippen molar-refractivity contribution in [1.82, 2.24) is 0 Å². The van der Waals surface area contributed by atoms with E-state index >= 15 is 8.78 Å². The Morgan fingerprint density at radius 2 is 1.77 bits per heavy atom. The predicted molar refractivity (Wildman–Crippen MR) is 157 cm³/mol. The van der Waals surface area contributed by atoms with Crippen LogP contribution < -0.4 is 4.74 Å². The number of hydrogen-bond donors (Lipinski definition) is 1. The van der Waals surface area contributed by atoms with Gasteiger partial charge in [0.1, 0.15) is 11.6 Å². The molecule has 0 aromatic heterocycles. The summed E-state index contributed by atoms with van der Waals surface area (Å²) < 4.78 is 50.4. The first-order valence-electron chi connectivity index (χ1n) is 14.4. The molecular formula is C35H39F3O2. The summed E-state index contributed by atoms with van der Waals surface area (Å²) in [5, 5.41) is 10.3. The van der Waals surface area contributed by atoms with Gasteiger partial charge in [0.25, 0.3) is 0 Å². The van der Waals surface area contributed by atoms with E-state index in [4.69, 9.17) is 4.74 Å². The normalized spacial score (nSPS) is 15.9. The van der Waals surface area contributed by atoms with Gasteiger partial charge in [0, 0.05) is 17.2 Å². The van der Waals surface area contributed by atoms with Gasteiger partial charge in [-0.05, 0) is 91.7 Å². The Balaban J connectivity index is 1.36. The second-order valence-corrected chi connectivity index (χ2v) is 10.6. The van der Waals surface area contributed by atoms with E-state index in [0.29, 0.717) is 54.7 Å². The average Bonchev–Trinajstić information content (AvgIpc) is 2.97. The van der Waals surface area contributed by atoms with Crippen molar-refractivity contribution >= 4 is 5.57 Å². The van der Waals surface area contributed by atoms with E-state index in [-0.39, 0.29) is 17.8 Å². The monoisotopic (exact) mass is 548 g/mol. The number of allylic oxidation sites excluding steroid dienone is 3. The highest BCUT2D eigenvalue weighted by atomic mass is 19.2. The van der Waals surface area contributed by atoms with Gasteiger partial charge in [0.15, 0.2) is 11.6 Å². The Morgan fingerprint density at radius 3 is 2.45 bits per heavy atom. The highest BCUT2D eigenvalue weighted by Gasteiger charge is 2.24. The lowest BCUT2D eigenvalue weighted by Crippen LogP contribution is -2.22. The molecule has 3 aromatic carbocycles. The molecule has 2 atom stereocenters. The maximum atomic E-state index is 15.0. The smallest absolute Gasteiger partial charge is 0.166 e. The molecule has 40 heavy (non-hydrogen) atoms. The fourth-order valence-electron chi connectivity index (χ4n) is 5.38. The number of unbranched alkanes of at least 4 members (excludes halogenated alkanes) is 1. The zero-order valence-corrected chi connectivity index (χ0v) is 23.3. The SMILES string of the molecule is C=CCCCOc1ccc(-c2ccc(CCc3ccc(C4=CCC(C(O)CCC)CC4)c(F)c3F)cc2)c(F)c1. The molecule has 1 N–H and O–H groups in total. The van der Waals surface area contributed by atoms with Crippen molar-refractivity contribution in [3.63, 3.8) is 0 Å². The average molecular weight is 549 g/mol. The van der Waals surface area contributed by atoms with Gasteiger partial charge in [-0.25, -0.2) is 13.2 Å². The van der Waals surface area contributed by atoms with Crippen LogP contribution in [0.5, 0.6) is 5.75 Å². The first-order valence-corrected chi connectivity index (χ1v) is 14.4. The second kappa shape index (κ2) is 14.4. The molecular weight excluding hydrogens is 509 g/mol. The number of ether oxygens (including phenoxy) is 1. The maximum Gasteiger partial charge on any atom is 0.166 e. The summed E-state index contributed by atoms with van der Waals surface area (Å²) in [4.78, 5) is 0. The molecule has 2 nitrogen and oxygen atoms in total. The van der Waals surface area contributed by atoms with Crippen LogP contribution in [-0.4, -0.2) is 17.8 Å². The van der Waals surface area contributed by atoms with Gasteiger partial charge in [0.2, 0.25) is 0 Å². The molecule has 0 bridgehead atoms. The first kappa shape index (κ1) is 29.7. The van der Waals surface area contributed by atoms with Crippen molar-refractivity contribution in [1.29, 1.82) is 0 Å². The van der Waals surface area contributed by atoms with Gasteiger partial charge in [-0.2, -0.15) is 0 Å². The van der Waals surface area contributed by atoms with Crippen LogP contribution in [0.4, 0.5) is 13.2 Å². The van der Waals surface area contributed by atoms with Crippen LogP contribution in [0.25, 0.3) is 16.7 Å². The van der Waals surface area contributed by atoms with Crippen molar-refractivity contribution in [3.8, 4) is 16.9 Å². The molecule has 1 aliphatic rings. The molecule has 5 heteroatoms. The minimum absolute atomic E-state index is 0.185. The zero-order valence-electron chi connectivity index (χ0n) is 23.3. The summed E-state index contributed by atoms with van der Waals surface area (Å²) in [6, 6.07) is 15.7. The molecule has 3 aromatic rings. The number of hydrogen-bond acceptors (Lipinski definition) is 2. The molecule has 0 spiro atoms. The van der Waals surface area contributed by atoms with Crippen LogP contribution in [0.2, 0.25) is 0 Å². The number of aliphatic hydroxyl groups excluding tert-OH is 1. The largest absolute Gasteiger partial charge is 0.493 e. The molecule has 0 aliphatic heterocycles. The fourth-order valence-corrected chi connectivity index (χ4v) is 5.38. The molecule has 0 saturated heterocycles. The van der Waals surface area contributed by atoms with Crippen molar-refractivity contribution < 1.29 is 23.0 Å². The minimum atomic E-state index is -0.796. The van der Waals surface area contributed by atoms with Crippen LogP contribution in [0, 0.1) is 23.4 Å². The van der Waals surface area contributed by atoms with E-state index in [1.807, 2.05) is 43.3 Å². The Morgan fingerprint density at radius 1 is 1.00 bits per heavy atom. The van der Waals surface area contributed by atoms with E-state index < -0.39 is 11.6 Å². The van der Waals surface area contributed by atoms with Crippen LogP contribution in [0.1, 0.15) is 68.6 Å². The summed E-state index contributed by atoms with van der Waals surface area (Å²) in [6.45, 7) is 6.24. The third-order valence-electron chi connectivity index (χ3n) is 7.80. The quantitative estimate of drug-likeness (QED) is 0.170. The van der Waals surface area contributed by atoms with Crippen LogP contribution in [0.15, 0.2) is 73.3 Å². The molecule has 0 fully saturated rings. The minimum Gasteiger partial charge on any atom is -0.493 e. The fraction of sp³-hybridized carbons (Fsp3) is 0.371. The van der Waals surface area contributed by atoms with E-state index in [1.165, 1.54) is 6.07 Å². The molecule has 2 unspecified atom stereocenters. The van der Waals surface area contributed by atoms with Gasteiger partial charge in [-0.3, -0.25) is 0 Å². The third-order valence-corrected chi connectivity index (χ3v) is 7.80. The number of rotatable bonds is 13. The highest BCUT2D eigenvalue weighted by molar-refractivity contribution is 5.67. The van der Waals surface area contributed by atoms with E-state index in [2.05, 4.69) is 6.58 Å². The summed E-state index contributed by atoms with van der Waals surface area (Å²) in [5.41, 5.74) is 3.67. The highest BCUT2D eigenvalue weighted by Crippen LogP contribution is 2.35. The van der Waals surface area contributed by atoms with Crippen molar-refractivity contribution in [3.05, 3.63) is 107 Å². The van der Waals surface area contributed by atoms with Crippen molar-refractivity contribution in [2.24, 2.45) is 5.92 Å². The summed E-state index contributed by atoms with van der Waals surface area (Å²) >= 11 is 0. The van der Waals surface area contributed by atoms with Crippen LogP contribution in [-0.2, 0) is 12.8 Å². The molecule has 0 radical (unpaired) electrons. The Hall–Kier alpha value is -3.31. The lowest BCUT2D eigenvalue weighted by atomic mass is 9.82. The van der Waals surface area contributed by atoms with Gasteiger partial charge in [-0.1, -0.05) is 61.9 Å². The molecule has 0 amide bonds. The Labute approximate surface area is 236 Å². The standard InChI is InChI=1S/C35H39F3O2/c1-3-5-6-22-40-29-19-21-30(32(36)23-29)25-11-8-24(9-12-25)10-13-28-18-20-31(35(38)34(28)37)26-14-16-27(17-15-26)33(39)7-4-2/h3,8-9,11-12,14,18-21,23,27,33,39H,1,4-7,10,13,15-17,22H2,2H3. The number of aryl methyl sites for hydroxylation is 2. The molecule has 4 rings (SSSR count). The molecule has 0 saturated carbocycles. The predicted octanol–water partition coefficient (Wildman–Crippen LogP) is 9.25. The number of halogens is 3. The van der Waals surface area contributed by atoms with E-state index in [1.54, 1.807) is 24.3 Å². The molecule has 0 heterocycles. The first-order chi connectivity index (χ1) is 19.4. The summed E-state index contributed by atoms with van der Waals surface area (Å²) in [7, 11) is 0. The second-order valence-electron chi connectivity index (χ2n) is 10.6. The van der Waals surface area contributed by atoms with Gasteiger partial charge < -0.3 is 9.84 Å².